The molecule has 1 heterocycles. The van der Waals surface area contributed by atoms with Gasteiger partial charge >= 0.3 is 12.0 Å². The predicted molar refractivity (Wildman–Crippen MR) is 66.0 cm³/mol. The fraction of sp³-hybridized carbons (Fsp3) is 0.417. The minimum atomic E-state index is -0.850. The van der Waals surface area contributed by atoms with Crippen LogP contribution in [0.25, 0.3) is 0 Å². The highest BCUT2D eigenvalue weighted by atomic mass is 16.4. The third kappa shape index (κ3) is 5.29. The molecule has 1 aromatic rings. The van der Waals surface area contributed by atoms with Gasteiger partial charge in [0.2, 0.25) is 0 Å². The normalized spacial score (nSPS) is 9.83. The SMILES string of the molecule is CN(CCCC(=O)O)C(=O)NCc1ccccn1. The number of hydrogen-bond acceptors (Lipinski definition) is 3. The fourth-order valence-electron chi connectivity index (χ4n) is 1.37. The fourth-order valence-corrected chi connectivity index (χ4v) is 1.37. The highest BCUT2D eigenvalue weighted by molar-refractivity contribution is 5.73. The van der Waals surface area contributed by atoms with Gasteiger partial charge < -0.3 is 15.3 Å². The van der Waals surface area contributed by atoms with Gasteiger partial charge in [0.1, 0.15) is 0 Å². The third-order valence-corrected chi connectivity index (χ3v) is 2.38. The lowest BCUT2D eigenvalue weighted by Gasteiger charge is -2.17. The summed E-state index contributed by atoms with van der Waals surface area (Å²) in [6.07, 6.45) is 2.18. The number of hydrogen-bond donors (Lipinski definition) is 2. The summed E-state index contributed by atoms with van der Waals surface area (Å²) in [7, 11) is 1.63. The monoisotopic (exact) mass is 251 g/mol. The third-order valence-electron chi connectivity index (χ3n) is 2.38. The molecule has 98 valence electrons. The second kappa shape index (κ2) is 7.26. The second-order valence-electron chi connectivity index (χ2n) is 3.90. The zero-order valence-electron chi connectivity index (χ0n) is 10.3. The van der Waals surface area contributed by atoms with E-state index in [1.165, 1.54) is 4.90 Å². The Balaban J connectivity index is 2.25. The molecule has 6 heteroatoms. The van der Waals surface area contributed by atoms with Crippen molar-refractivity contribution in [3.63, 3.8) is 0 Å². The van der Waals surface area contributed by atoms with Crippen molar-refractivity contribution in [2.24, 2.45) is 0 Å². The van der Waals surface area contributed by atoms with E-state index in [2.05, 4.69) is 10.3 Å². The molecule has 6 nitrogen and oxygen atoms in total. The molecule has 0 aromatic carbocycles. The molecule has 1 rings (SSSR count). The van der Waals surface area contributed by atoms with Crippen LogP contribution in [0, 0.1) is 0 Å². The van der Waals surface area contributed by atoms with Crippen LogP contribution < -0.4 is 5.32 Å². The minimum Gasteiger partial charge on any atom is -0.481 e. The molecule has 0 atom stereocenters. The zero-order chi connectivity index (χ0) is 13.4. The van der Waals surface area contributed by atoms with Crippen LogP contribution in [-0.4, -0.2) is 40.6 Å². The summed E-state index contributed by atoms with van der Waals surface area (Å²) < 4.78 is 0. The molecule has 0 fully saturated rings. The first-order chi connectivity index (χ1) is 8.59. The quantitative estimate of drug-likeness (QED) is 0.792. The number of nitrogens with zero attached hydrogens (tertiary/aromatic N) is 2. The molecule has 0 aliphatic heterocycles. The number of carbonyl (C=O) groups excluding carboxylic acids is 1. The first-order valence-corrected chi connectivity index (χ1v) is 5.70. The van der Waals surface area contributed by atoms with Crippen LogP contribution in [0.5, 0.6) is 0 Å². The maximum Gasteiger partial charge on any atom is 0.317 e. The van der Waals surface area contributed by atoms with Gasteiger partial charge in [0, 0.05) is 26.2 Å². The van der Waals surface area contributed by atoms with Gasteiger partial charge in [-0.3, -0.25) is 9.78 Å². The van der Waals surface area contributed by atoms with Gasteiger partial charge in [-0.2, -0.15) is 0 Å². The maximum atomic E-state index is 11.6. The van der Waals surface area contributed by atoms with Crippen molar-refractivity contribution in [3.05, 3.63) is 30.1 Å². The van der Waals surface area contributed by atoms with E-state index in [1.54, 1.807) is 13.2 Å². The number of urea groups is 1. The first-order valence-electron chi connectivity index (χ1n) is 5.70. The van der Waals surface area contributed by atoms with Crippen molar-refractivity contribution in [1.29, 1.82) is 0 Å². The van der Waals surface area contributed by atoms with Gasteiger partial charge in [0.25, 0.3) is 0 Å². The Hall–Kier alpha value is -2.11. The number of carboxylic acid groups (broad SMARTS) is 1. The Morgan fingerprint density at radius 3 is 2.83 bits per heavy atom. The topological polar surface area (TPSA) is 82.5 Å². The number of nitrogens with one attached hydrogen (secondary N) is 1. The molecule has 0 aliphatic rings. The highest BCUT2D eigenvalue weighted by Crippen LogP contribution is 1.96. The molecular formula is C12H17N3O3. The first kappa shape index (κ1) is 14.0. The predicted octanol–water partition coefficient (Wildman–Crippen LogP) is 1.09. The number of rotatable bonds is 6. The number of carboxylic acids is 1. The van der Waals surface area contributed by atoms with Crippen molar-refractivity contribution in [2.45, 2.75) is 19.4 Å². The van der Waals surface area contributed by atoms with Crippen molar-refractivity contribution in [1.82, 2.24) is 15.2 Å². The largest absolute Gasteiger partial charge is 0.481 e. The number of pyridine rings is 1. The van der Waals surface area contributed by atoms with E-state index in [1.807, 2.05) is 18.2 Å². The Morgan fingerprint density at radius 2 is 2.22 bits per heavy atom. The summed E-state index contributed by atoms with van der Waals surface area (Å²) in [5, 5.41) is 11.2. The van der Waals surface area contributed by atoms with Crippen molar-refractivity contribution >= 4 is 12.0 Å². The second-order valence-corrected chi connectivity index (χ2v) is 3.90. The Labute approximate surface area is 106 Å². The van der Waals surface area contributed by atoms with Gasteiger partial charge in [-0.15, -0.1) is 0 Å². The van der Waals surface area contributed by atoms with Crippen LogP contribution >= 0.6 is 0 Å². The molecule has 2 N–H and O–H groups in total. The minimum absolute atomic E-state index is 0.0673. The Bertz CT molecular complexity index is 395. The summed E-state index contributed by atoms with van der Waals surface area (Å²) in [6, 6.07) is 5.25. The van der Waals surface area contributed by atoms with E-state index < -0.39 is 5.97 Å². The van der Waals surface area contributed by atoms with Crippen LogP contribution in [0.4, 0.5) is 4.79 Å². The molecule has 1 aromatic heterocycles. The number of amides is 2. The number of carbonyl (C=O) groups is 2. The highest BCUT2D eigenvalue weighted by Gasteiger charge is 2.08. The molecule has 2 amide bonds. The Kier molecular flexibility index (Phi) is 5.63. The number of aromatic nitrogens is 1. The number of aliphatic carboxylic acids is 1. The summed E-state index contributed by atoms with van der Waals surface area (Å²) in [6.45, 7) is 0.781. The van der Waals surface area contributed by atoms with E-state index in [0.717, 1.165) is 5.69 Å². The van der Waals surface area contributed by atoms with Crippen LogP contribution in [0.1, 0.15) is 18.5 Å². The average molecular weight is 251 g/mol. The lowest BCUT2D eigenvalue weighted by Crippen LogP contribution is -2.37. The van der Waals surface area contributed by atoms with Crippen molar-refractivity contribution in [3.8, 4) is 0 Å². The molecule has 0 saturated carbocycles. The van der Waals surface area contributed by atoms with Gasteiger partial charge in [0.15, 0.2) is 0 Å². The van der Waals surface area contributed by atoms with Crippen molar-refractivity contribution in [2.75, 3.05) is 13.6 Å². The summed E-state index contributed by atoms with van der Waals surface area (Å²) >= 11 is 0. The summed E-state index contributed by atoms with van der Waals surface area (Å²) in [5.41, 5.74) is 0.782. The smallest absolute Gasteiger partial charge is 0.317 e. The van der Waals surface area contributed by atoms with E-state index in [9.17, 15) is 9.59 Å². The molecule has 18 heavy (non-hydrogen) atoms. The zero-order valence-corrected chi connectivity index (χ0v) is 10.3. The summed E-state index contributed by atoms with van der Waals surface area (Å²) in [4.78, 5) is 27.5. The summed E-state index contributed by atoms with van der Waals surface area (Å²) in [5.74, 6) is -0.850. The van der Waals surface area contributed by atoms with E-state index in [0.29, 0.717) is 19.5 Å². The lowest BCUT2D eigenvalue weighted by molar-refractivity contribution is -0.137. The average Bonchev–Trinajstić information content (AvgIpc) is 2.36. The molecule has 0 unspecified atom stereocenters. The van der Waals surface area contributed by atoms with Gasteiger partial charge in [-0.05, 0) is 18.6 Å². The van der Waals surface area contributed by atoms with Crippen LogP contribution in [0.15, 0.2) is 24.4 Å². The standard InChI is InChI=1S/C12H17N3O3/c1-15(8-4-6-11(16)17)12(18)14-9-10-5-2-3-7-13-10/h2-3,5,7H,4,6,8-9H2,1H3,(H,14,18)(H,16,17). The lowest BCUT2D eigenvalue weighted by atomic mass is 10.3. The molecule has 0 spiro atoms. The Morgan fingerprint density at radius 1 is 1.44 bits per heavy atom. The van der Waals surface area contributed by atoms with Crippen LogP contribution in [-0.2, 0) is 11.3 Å². The van der Waals surface area contributed by atoms with Gasteiger partial charge in [-0.1, -0.05) is 6.07 Å². The molecule has 0 saturated heterocycles. The van der Waals surface area contributed by atoms with Crippen molar-refractivity contribution < 1.29 is 14.7 Å². The van der Waals surface area contributed by atoms with E-state index in [4.69, 9.17) is 5.11 Å². The molecule has 0 bridgehead atoms. The van der Waals surface area contributed by atoms with Crippen LogP contribution in [0.3, 0.4) is 0 Å². The van der Waals surface area contributed by atoms with Crippen LogP contribution in [0.2, 0.25) is 0 Å². The van der Waals surface area contributed by atoms with Gasteiger partial charge in [0.05, 0.1) is 12.2 Å². The molecular weight excluding hydrogens is 234 g/mol. The van der Waals surface area contributed by atoms with E-state index in [-0.39, 0.29) is 12.5 Å². The molecule has 0 aliphatic carbocycles. The molecule has 0 radical (unpaired) electrons. The van der Waals surface area contributed by atoms with Gasteiger partial charge in [-0.25, -0.2) is 4.79 Å². The maximum absolute atomic E-state index is 11.6. The van der Waals surface area contributed by atoms with E-state index >= 15 is 0 Å².